The summed E-state index contributed by atoms with van der Waals surface area (Å²) in [6, 6.07) is 10.1. The van der Waals surface area contributed by atoms with Crippen LogP contribution in [0.4, 0.5) is 0 Å². The monoisotopic (exact) mass is 287 g/mol. The SMILES string of the molecule is OC(COc1ncn(-c2ccccc2)n1)CC1CCCC1. The van der Waals surface area contributed by atoms with Gasteiger partial charge in [-0.25, -0.2) is 4.68 Å². The third-order valence-electron chi connectivity index (χ3n) is 3.98. The maximum absolute atomic E-state index is 10.0. The summed E-state index contributed by atoms with van der Waals surface area (Å²) in [5.41, 5.74) is 0.936. The number of rotatable bonds is 6. The maximum atomic E-state index is 10.0. The molecule has 1 aromatic heterocycles. The lowest BCUT2D eigenvalue weighted by atomic mass is 10.0. The molecule has 3 rings (SSSR count). The summed E-state index contributed by atoms with van der Waals surface area (Å²) in [4.78, 5) is 4.11. The van der Waals surface area contributed by atoms with Crippen molar-refractivity contribution in [1.29, 1.82) is 0 Å². The number of hydrogen-bond acceptors (Lipinski definition) is 4. The fourth-order valence-corrected chi connectivity index (χ4v) is 2.89. The summed E-state index contributed by atoms with van der Waals surface area (Å²) in [5.74, 6) is 0.651. The van der Waals surface area contributed by atoms with Gasteiger partial charge in [-0.3, -0.25) is 0 Å². The average molecular weight is 287 g/mol. The van der Waals surface area contributed by atoms with Crippen molar-refractivity contribution in [2.75, 3.05) is 6.61 Å². The van der Waals surface area contributed by atoms with Gasteiger partial charge in [-0.15, -0.1) is 5.10 Å². The van der Waals surface area contributed by atoms with Gasteiger partial charge in [-0.2, -0.15) is 4.98 Å². The third kappa shape index (κ3) is 3.82. The van der Waals surface area contributed by atoms with E-state index in [9.17, 15) is 5.11 Å². The van der Waals surface area contributed by atoms with Crippen LogP contribution in [0.2, 0.25) is 0 Å². The number of para-hydroxylation sites is 1. The smallest absolute Gasteiger partial charge is 0.335 e. The Morgan fingerprint density at radius 2 is 2.00 bits per heavy atom. The molecule has 112 valence electrons. The van der Waals surface area contributed by atoms with Crippen LogP contribution in [-0.2, 0) is 0 Å². The molecule has 1 aliphatic rings. The molecule has 1 aliphatic carbocycles. The Morgan fingerprint density at radius 1 is 1.24 bits per heavy atom. The number of nitrogens with zero attached hydrogens (tertiary/aromatic N) is 3. The van der Waals surface area contributed by atoms with Crippen LogP contribution in [0.25, 0.3) is 5.69 Å². The van der Waals surface area contributed by atoms with Gasteiger partial charge < -0.3 is 9.84 Å². The molecule has 0 radical (unpaired) electrons. The van der Waals surface area contributed by atoms with E-state index in [4.69, 9.17) is 4.74 Å². The van der Waals surface area contributed by atoms with E-state index >= 15 is 0 Å². The fourth-order valence-electron chi connectivity index (χ4n) is 2.89. The molecule has 0 spiro atoms. The molecule has 1 fully saturated rings. The number of aliphatic hydroxyl groups excluding tert-OH is 1. The van der Waals surface area contributed by atoms with Crippen LogP contribution in [0.5, 0.6) is 6.01 Å². The van der Waals surface area contributed by atoms with Crippen molar-refractivity contribution in [1.82, 2.24) is 14.8 Å². The van der Waals surface area contributed by atoms with E-state index in [1.54, 1.807) is 11.0 Å². The van der Waals surface area contributed by atoms with E-state index in [1.165, 1.54) is 25.7 Å². The normalized spacial score (nSPS) is 17.0. The Hall–Kier alpha value is -1.88. The van der Waals surface area contributed by atoms with E-state index < -0.39 is 6.10 Å². The number of benzene rings is 1. The third-order valence-corrected chi connectivity index (χ3v) is 3.98. The molecular formula is C16H21N3O2. The molecule has 1 atom stereocenters. The Balaban J connectivity index is 1.50. The number of aromatic nitrogens is 3. The van der Waals surface area contributed by atoms with Crippen molar-refractivity contribution in [2.45, 2.75) is 38.2 Å². The van der Waals surface area contributed by atoms with Crippen molar-refractivity contribution >= 4 is 0 Å². The van der Waals surface area contributed by atoms with Crippen LogP contribution in [0.15, 0.2) is 36.7 Å². The van der Waals surface area contributed by atoms with Crippen LogP contribution in [-0.4, -0.2) is 32.6 Å². The van der Waals surface area contributed by atoms with Crippen molar-refractivity contribution in [3.05, 3.63) is 36.7 Å². The van der Waals surface area contributed by atoms with Crippen LogP contribution in [0.1, 0.15) is 32.1 Å². The van der Waals surface area contributed by atoms with Gasteiger partial charge in [0.05, 0.1) is 11.8 Å². The molecule has 5 nitrogen and oxygen atoms in total. The van der Waals surface area contributed by atoms with E-state index in [-0.39, 0.29) is 6.61 Å². The Kier molecular flexibility index (Phi) is 4.50. The molecule has 0 aliphatic heterocycles. The first kappa shape index (κ1) is 14.1. The largest absolute Gasteiger partial charge is 0.460 e. The Morgan fingerprint density at radius 3 is 2.76 bits per heavy atom. The van der Waals surface area contributed by atoms with E-state index in [0.29, 0.717) is 11.9 Å². The highest BCUT2D eigenvalue weighted by atomic mass is 16.5. The molecule has 0 amide bonds. The molecule has 21 heavy (non-hydrogen) atoms. The van der Waals surface area contributed by atoms with Crippen molar-refractivity contribution in [3.63, 3.8) is 0 Å². The highest BCUT2D eigenvalue weighted by Crippen LogP contribution is 2.28. The Bertz CT molecular complexity index is 550. The summed E-state index contributed by atoms with van der Waals surface area (Å²) >= 11 is 0. The quantitative estimate of drug-likeness (QED) is 0.887. The molecule has 1 N–H and O–H groups in total. The van der Waals surface area contributed by atoms with Crippen LogP contribution >= 0.6 is 0 Å². The predicted molar refractivity (Wildman–Crippen MR) is 79.4 cm³/mol. The van der Waals surface area contributed by atoms with Gasteiger partial charge in [-0.05, 0) is 24.5 Å². The minimum Gasteiger partial charge on any atom is -0.460 e. The zero-order valence-electron chi connectivity index (χ0n) is 12.1. The molecule has 0 bridgehead atoms. The molecule has 1 saturated carbocycles. The van der Waals surface area contributed by atoms with Gasteiger partial charge in [0.25, 0.3) is 0 Å². The summed E-state index contributed by atoms with van der Waals surface area (Å²) in [5, 5.41) is 14.3. The van der Waals surface area contributed by atoms with Gasteiger partial charge in [0.1, 0.15) is 12.9 Å². The molecule has 0 saturated heterocycles. The van der Waals surface area contributed by atoms with E-state index in [1.807, 2.05) is 30.3 Å². The molecular weight excluding hydrogens is 266 g/mol. The number of aliphatic hydroxyl groups is 1. The van der Waals surface area contributed by atoms with Crippen LogP contribution < -0.4 is 4.74 Å². The lowest BCUT2D eigenvalue weighted by Gasteiger charge is -2.14. The number of ether oxygens (including phenoxy) is 1. The van der Waals surface area contributed by atoms with Crippen molar-refractivity contribution in [2.24, 2.45) is 5.92 Å². The van der Waals surface area contributed by atoms with Crippen LogP contribution in [0.3, 0.4) is 0 Å². The number of hydrogen-bond donors (Lipinski definition) is 1. The maximum Gasteiger partial charge on any atom is 0.335 e. The van der Waals surface area contributed by atoms with Crippen molar-refractivity contribution in [3.8, 4) is 11.7 Å². The zero-order chi connectivity index (χ0) is 14.5. The van der Waals surface area contributed by atoms with E-state index in [0.717, 1.165) is 12.1 Å². The predicted octanol–water partition coefficient (Wildman–Crippen LogP) is 2.59. The minimum atomic E-state index is -0.434. The molecule has 5 heteroatoms. The van der Waals surface area contributed by atoms with Gasteiger partial charge in [0.15, 0.2) is 0 Å². The first-order chi connectivity index (χ1) is 10.3. The zero-order valence-corrected chi connectivity index (χ0v) is 12.1. The van der Waals surface area contributed by atoms with Gasteiger partial charge in [0.2, 0.25) is 0 Å². The summed E-state index contributed by atoms with van der Waals surface area (Å²) in [6.07, 6.45) is 7.06. The standard InChI is InChI=1S/C16H21N3O2/c20-15(10-13-6-4-5-7-13)11-21-16-17-12-19(18-16)14-8-2-1-3-9-14/h1-3,8-9,12-13,15,20H,4-7,10-11H2. The molecule has 1 heterocycles. The molecule has 1 aromatic carbocycles. The van der Waals surface area contributed by atoms with E-state index in [2.05, 4.69) is 10.1 Å². The molecule has 2 aromatic rings. The topological polar surface area (TPSA) is 60.2 Å². The molecule has 1 unspecified atom stereocenters. The fraction of sp³-hybridized carbons (Fsp3) is 0.500. The van der Waals surface area contributed by atoms with Crippen LogP contribution in [0, 0.1) is 5.92 Å². The summed E-state index contributed by atoms with van der Waals surface area (Å²) in [7, 11) is 0. The van der Waals surface area contributed by atoms with Gasteiger partial charge in [0, 0.05) is 0 Å². The summed E-state index contributed by atoms with van der Waals surface area (Å²) in [6.45, 7) is 0.259. The first-order valence-electron chi connectivity index (χ1n) is 7.59. The minimum absolute atomic E-state index is 0.259. The first-order valence-corrected chi connectivity index (χ1v) is 7.59. The second kappa shape index (κ2) is 6.72. The second-order valence-corrected chi connectivity index (χ2v) is 5.66. The lowest BCUT2D eigenvalue weighted by molar-refractivity contribution is 0.0811. The highest BCUT2D eigenvalue weighted by Gasteiger charge is 2.19. The lowest BCUT2D eigenvalue weighted by Crippen LogP contribution is -2.20. The van der Waals surface area contributed by atoms with Gasteiger partial charge >= 0.3 is 6.01 Å². The van der Waals surface area contributed by atoms with Crippen molar-refractivity contribution < 1.29 is 9.84 Å². The summed E-state index contributed by atoms with van der Waals surface area (Å²) < 4.78 is 7.15. The second-order valence-electron chi connectivity index (χ2n) is 5.66. The van der Waals surface area contributed by atoms with Gasteiger partial charge in [-0.1, -0.05) is 43.9 Å². The average Bonchev–Trinajstić information content (AvgIpc) is 3.17. The highest BCUT2D eigenvalue weighted by molar-refractivity contribution is 5.29. The Labute approximate surface area is 124 Å².